The van der Waals surface area contributed by atoms with Gasteiger partial charge in [-0.25, -0.2) is 0 Å². The van der Waals surface area contributed by atoms with E-state index in [1.165, 1.54) is 12.1 Å². The lowest BCUT2D eigenvalue weighted by atomic mass is 9.12. The Morgan fingerprint density at radius 2 is 0.557 bits per heavy atom. The number of hydrogen-bond donors (Lipinski definition) is 1. The predicted octanol–water partition coefficient (Wildman–Crippen LogP) is 12.7. The smallest absolute Gasteiger partial charge is 0.416 e. The summed E-state index contributed by atoms with van der Waals surface area (Å²) in [5.41, 5.74) is -29.5. The fourth-order valence-electron chi connectivity index (χ4n) is 7.06. The highest BCUT2D eigenvalue weighted by Gasteiger charge is 2.47. The molecule has 0 radical (unpaired) electrons. The van der Waals surface area contributed by atoms with Gasteiger partial charge in [-0.1, -0.05) is 48.5 Å². The first-order valence-corrected chi connectivity index (χ1v) is 20.8. The molecule has 5 aromatic carbocycles. The van der Waals surface area contributed by atoms with Crippen molar-refractivity contribution in [1.82, 2.24) is 0 Å². The van der Waals surface area contributed by atoms with Gasteiger partial charge in [0.25, 0.3) is 0 Å². The lowest BCUT2D eigenvalue weighted by Crippen LogP contribution is -2.75. The van der Waals surface area contributed by atoms with Crippen LogP contribution >= 0.6 is 0 Å². The molecule has 70 heavy (non-hydrogen) atoms. The standard InChI is InChI=1S/C32H12BF24.C10H12O2S/c34-25(35,36)13-1-14(26(37,38)39)6-21(5-13)33(22-7-15(27(40,41)42)2-16(8-22)28(43,44)45,23-9-17(29(46,47)48)3-18(10-23)30(49,50)51)24-11-19(31(52,53)54)4-20(12-24)32(55,56)57;1-13(2)7-10(12)8-3-5-9(11)6-4-8/h1-12H;3-6H,7H2,1-2H3/q-1;/p+1. The summed E-state index contributed by atoms with van der Waals surface area (Å²) in [6, 6.07) is -2.42. The number of carbonyl (C=O) groups is 1. The Labute approximate surface area is 380 Å². The van der Waals surface area contributed by atoms with E-state index in [9.17, 15) is 110 Å². The highest BCUT2D eigenvalue weighted by Crippen LogP contribution is 2.41. The number of halogens is 24. The highest BCUT2D eigenvalue weighted by atomic mass is 32.2. The Bertz CT molecular complexity index is 2250. The molecule has 382 valence electrons. The van der Waals surface area contributed by atoms with Gasteiger partial charge in [0.2, 0.25) is 5.78 Å². The molecule has 0 fully saturated rings. The van der Waals surface area contributed by atoms with E-state index in [1.54, 1.807) is 12.1 Å². The fourth-order valence-corrected chi connectivity index (χ4v) is 7.75. The lowest BCUT2D eigenvalue weighted by Gasteiger charge is -2.46. The maximum absolute atomic E-state index is 14.2. The molecule has 0 heterocycles. The maximum Gasteiger partial charge on any atom is 0.416 e. The monoisotopic (exact) mass is 1060 g/mol. The highest BCUT2D eigenvalue weighted by molar-refractivity contribution is 7.96. The predicted molar refractivity (Wildman–Crippen MR) is 207 cm³/mol. The van der Waals surface area contributed by atoms with Gasteiger partial charge >= 0.3 is 49.4 Å². The minimum atomic E-state index is -6.13. The number of aromatic hydroxyl groups is 1. The number of rotatable bonds is 7. The van der Waals surface area contributed by atoms with Crippen molar-refractivity contribution >= 4 is 44.7 Å². The molecule has 5 rings (SSSR count). The number of alkyl halides is 24. The Morgan fingerprint density at radius 3 is 0.714 bits per heavy atom. The van der Waals surface area contributed by atoms with Gasteiger partial charge in [0.05, 0.1) is 57.0 Å². The van der Waals surface area contributed by atoms with E-state index < -0.39 is 195 Å². The molecule has 1 N–H and O–H groups in total. The van der Waals surface area contributed by atoms with Crippen LogP contribution in [-0.4, -0.2) is 35.3 Å². The van der Waals surface area contributed by atoms with Crippen LogP contribution in [0.4, 0.5) is 105 Å². The number of carbonyl (C=O) groups excluding carboxylic acids is 1. The number of hydrogen-bond acceptors (Lipinski definition) is 2. The molecule has 0 spiro atoms. The summed E-state index contributed by atoms with van der Waals surface area (Å²) in [5.74, 6) is 0.932. The number of benzene rings is 5. The minimum Gasteiger partial charge on any atom is -0.508 e. The number of ketones is 1. The third kappa shape index (κ3) is 13.4. The van der Waals surface area contributed by atoms with Crippen LogP contribution in [0.25, 0.3) is 0 Å². The summed E-state index contributed by atoms with van der Waals surface area (Å²) >= 11 is 0. The van der Waals surface area contributed by atoms with E-state index in [0.717, 1.165) is 0 Å². The van der Waals surface area contributed by atoms with E-state index in [1.807, 2.05) is 12.5 Å². The fraction of sp³-hybridized carbons (Fsp3) is 0.262. The van der Waals surface area contributed by atoms with Crippen LogP contribution in [-0.2, 0) is 60.3 Å². The van der Waals surface area contributed by atoms with Gasteiger partial charge in [0.15, 0.2) is 5.75 Å². The molecular formula is C42H25BF24O2S. The van der Waals surface area contributed by atoms with Gasteiger partial charge < -0.3 is 5.11 Å². The molecule has 0 saturated heterocycles. The molecular weight excluding hydrogens is 1040 g/mol. The third-order valence-electron chi connectivity index (χ3n) is 10.0. The van der Waals surface area contributed by atoms with Crippen molar-refractivity contribution in [3.8, 4) is 5.75 Å². The van der Waals surface area contributed by atoms with Crippen molar-refractivity contribution in [1.29, 1.82) is 0 Å². The summed E-state index contributed by atoms with van der Waals surface area (Å²) < 4.78 is 341. The topological polar surface area (TPSA) is 37.3 Å². The summed E-state index contributed by atoms with van der Waals surface area (Å²) in [7, 11) is 0.136. The van der Waals surface area contributed by atoms with Gasteiger partial charge in [-0.3, -0.25) is 4.79 Å². The SMILES string of the molecule is C[S+](C)CC(=O)c1ccc(O)cc1.FC(F)(F)c1cc([B-](c2cc(C(F)(F)F)cc(C(F)(F)F)c2)(c2cc(C(F)(F)F)cc(C(F)(F)F)c2)c2cc(C(F)(F)F)cc(C(F)(F)F)c2)cc(C(F)(F)F)c1. The second-order valence-corrected chi connectivity index (χ2v) is 17.6. The van der Waals surface area contributed by atoms with Crippen LogP contribution in [0, 0.1) is 0 Å². The van der Waals surface area contributed by atoms with Crippen molar-refractivity contribution in [3.63, 3.8) is 0 Å². The first-order valence-electron chi connectivity index (χ1n) is 18.6. The van der Waals surface area contributed by atoms with Crippen LogP contribution < -0.4 is 21.9 Å². The minimum absolute atomic E-state index is 0.136. The lowest BCUT2D eigenvalue weighted by molar-refractivity contribution is -0.144. The zero-order chi connectivity index (χ0) is 53.8. The number of phenols is 1. The Hall–Kier alpha value is -5.70. The summed E-state index contributed by atoms with van der Waals surface area (Å²) in [6.07, 6.45) is -50.7. The summed E-state index contributed by atoms with van der Waals surface area (Å²) in [4.78, 5) is 11.5. The number of phenolic OH excluding ortho intramolecular Hbond substituents is 1. The van der Waals surface area contributed by atoms with Crippen molar-refractivity contribution in [2.45, 2.75) is 49.4 Å². The molecule has 0 aliphatic carbocycles. The van der Waals surface area contributed by atoms with E-state index >= 15 is 0 Å². The maximum atomic E-state index is 14.2. The first kappa shape index (κ1) is 56.9. The molecule has 28 heteroatoms. The van der Waals surface area contributed by atoms with Crippen LogP contribution in [0.2, 0.25) is 0 Å². The molecule has 0 aliphatic heterocycles. The molecule has 0 aromatic heterocycles. The molecule has 0 unspecified atom stereocenters. The Kier molecular flexibility index (Phi) is 15.6. The average Bonchev–Trinajstić information content (AvgIpc) is 3.18. The van der Waals surface area contributed by atoms with Crippen LogP contribution in [0.15, 0.2) is 97.1 Å². The van der Waals surface area contributed by atoms with Crippen molar-refractivity contribution in [2.75, 3.05) is 18.3 Å². The van der Waals surface area contributed by atoms with Crippen LogP contribution in [0.1, 0.15) is 54.9 Å². The molecule has 0 amide bonds. The van der Waals surface area contributed by atoms with E-state index in [2.05, 4.69) is 0 Å². The van der Waals surface area contributed by atoms with Gasteiger partial charge in [-0.15, -0.1) is 0 Å². The third-order valence-corrected chi connectivity index (χ3v) is 10.9. The molecule has 5 aromatic rings. The quantitative estimate of drug-likeness (QED) is 0.0763. The van der Waals surface area contributed by atoms with Crippen molar-refractivity contribution in [2.24, 2.45) is 0 Å². The van der Waals surface area contributed by atoms with E-state index in [0.29, 0.717) is 11.3 Å². The molecule has 0 atom stereocenters. The van der Waals surface area contributed by atoms with Crippen LogP contribution in [0.3, 0.4) is 0 Å². The molecule has 0 aliphatic rings. The van der Waals surface area contributed by atoms with Crippen molar-refractivity contribution < 1.29 is 115 Å². The van der Waals surface area contributed by atoms with Gasteiger partial charge in [0.1, 0.15) is 11.9 Å². The Balaban J connectivity index is 0.000000707. The second-order valence-electron chi connectivity index (χ2n) is 15.3. The summed E-state index contributed by atoms with van der Waals surface area (Å²) in [5, 5.41) is 9.01. The number of Topliss-reactive ketones (excluding diaryl/α,β-unsaturated/α-hetero) is 1. The van der Waals surface area contributed by atoms with Crippen molar-refractivity contribution in [3.05, 3.63) is 147 Å². The van der Waals surface area contributed by atoms with Crippen LogP contribution in [0.5, 0.6) is 5.75 Å². The normalized spacial score (nSPS) is 13.6. The molecule has 2 nitrogen and oxygen atoms in total. The van der Waals surface area contributed by atoms with Gasteiger partial charge in [-0.2, -0.15) is 127 Å². The molecule has 0 saturated carbocycles. The van der Waals surface area contributed by atoms with E-state index in [-0.39, 0.29) is 22.4 Å². The Morgan fingerprint density at radius 1 is 0.371 bits per heavy atom. The first-order chi connectivity index (χ1) is 31.4. The average molecular weight is 1060 g/mol. The second kappa shape index (κ2) is 19.1. The van der Waals surface area contributed by atoms with E-state index in [4.69, 9.17) is 5.11 Å². The largest absolute Gasteiger partial charge is 0.508 e. The zero-order valence-corrected chi connectivity index (χ0v) is 35.2. The molecule has 0 bridgehead atoms. The van der Waals surface area contributed by atoms with Gasteiger partial charge in [-0.05, 0) is 59.4 Å². The van der Waals surface area contributed by atoms with Gasteiger partial charge in [0, 0.05) is 5.56 Å². The zero-order valence-electron chi connectivity index (χ0n) is 34.4. The summed E-state index contributed by atoms with van der Waals surface area (Å²) in [6.45, 7) is 0.